The van der Waals surface area contributed by atoms with Crippen molar-refractivity contribution in [1.82, 2.24) is 9.97 Å². The Morgan fingerprint density at radius 3 is 2.71 bits per heavy atom. The Hall–Kier alpha value is -2.13. The molecule has 3 aromatic rings. The van der Waals surface area contributed by atoms with Gasteiger partial charge in [-0.25, -0.2) is 4.98 Å². The van der Waals surface area contributed by atoms with E-state index in [-0.39, 0.29) is 0 Å². The summed E-state index contributed by atoms with van der Waals surface area (Å²) in [5.74, 6) is 0. The summed E-state index contributed by atoms with van der Waals surface area (Å²) in [6.07, 6.45) is 2.93. The van der Waals surface area contributed by atoms with Crippen LogP contribution in [-0.2, 0) is 0 Å². The standard InChI is InChI=1S/C14H12N2O/c17-13(10-4-2-1-3-5-10)11-6-8-15-14-12(11)7-9-16-14/h1-9,13,17H,(H,15,16). The number of aromatic nitrogens is 2. The number of nitrogens with zero attached hydrogens (tertiary/aromatic N) is 1. The van der Waals surface area contributed by atoms with Crippen LogP contribution >= 0.6 is 0 Å². The van der Waals surface area contributed by atoms with Crippen molar-refractivity contribution in [1.29, 1.82) is 0 Å². The molecule has 0 fully saturated rings. The van der Waals surface area contributed by atoms with Gasteiger partial charge in [-0.2, -0.15) is 0 Å². The van der Waals surface area contributed by atoms with Crippen LogP contribution in [0, 0.1) is 0 Å². The van der Waals surface area contributed by atoms with Crippen LogP contribution < -0.4 is 0 Å². The van der Waals surface area contributed by atoms with Gasteiger partial charge in [0.25, 0.3) is 0 Å². The van der Waals surface area contributed by atoms with Crippen LogP contribution in [0.1, 0.15) is 17.2 Å². The second-order valence-corrected chi connectivity index (χ2v) is 3.95. The zero-order valence-electron chi connectivity index (χ0n) is 9.17. The van der Waals surface area contributed by atoms with Crippen LogP contribution in [0.15, 0.2) is 54.9 Å². The first-order chi connectivity index (χ1) is 8.36. The molecule has 0 aliphatic heterocycles. The number of aromatic amines is 1. The lowest BCUT2D eigenvalue weighted by Gasteiger charge is -2.12. The van der Waals surface area contributed by atoms with Gasteiger partial charge in [-0.15, -0.1) is 0 Å². The smallest absolute Gasteiger partial charge is 0.137 e. The average molecular weight is 224 g/mol. The second-order valence-electron chi connectivity index (χ2n) is 3.95. The second kappa shape index (κ2) is 4.03. The number of pyridine rings is 1. The summed E-state index contributed by atoms with van der Waals surface area (Å²) in [6.45, 7) is 0. The molecule has 0 saturated carbocycles. The molecule has 0 radical (unpaired) electrons. The quantitative estimate of drug-likeness (QED) is 0.703. The van der Waals surface area contributed by atoms with Gasteiger partial charge in [-0.05, 0) is 23.3 Å². The maximum atomic E-state index is 10.4. The fourth-order valence-corrected chi connectivity index (χ4v) is 2.04. The molecule has 0 saturated heterocycles. The summed E-state index contributed by atoms with van der Waals surface area (Å²) in [5, 5.41) is 11.3. The minimum atomic E-state index is -0.613. The first-order valence-corrected chi connectivity index (χ1v) is 5.51. The van der Waals surface area contributed by atoms with E-state index in [1.807, 2.05) is 48.7 Å². The molecular formula is C14H12N2O. The number of hydrogen-bond donors (Lipinski definition) is 2. The van der Waals surface area contributed by atoms with E-state index in [0.717, 1.165) is 22.2 Å². The van der Waals surface area contributed by atoms with E-state index in [1.54, 1.807) is 6.20 Å². The molecule has 0 spiro atoms. The number of rotatable bonds is 2. The molecule has 2 heterocycles. The van der Waals surface area contributed by atoms with Gasteiger partial charge < -0.3 is 10.1 Å². The van der Waals surface area contributed by atoms with E-state index < -0.39 is 6.10 Å². The molecule has 84 valence electrons. The van der Waals surface area contributed by atoms with Crippen molar-refractivity contribution in [2.75, 3.05) is 0 Å². The van der Waals surface area contributed by atoms with Crippen LogP contribution in [0.4, 0.5) is 0 Å². The van der Waals surface area contributed by atoms with Crippen molar-refractivity contribution in [3.05, 3.63) is 66.0 Å². The topological polar surface area (TPSA) is 48.9 Å². The number of benzene rings is 1. The lowest BCUT2D eigenvalue weighted by molar-refractivity contribution is 0.222. The molecule has 1 unspecified atom stereocenters. The molecule has 0 bridgehead atoms. The normalized spacial score (nSPS) is 12.8. The van der Waals surface area contributed by atoms with Crippen molar-refractivity contribution in [2.24, 2.45) is 0 Å². The SMILES string of the molecule is OC(c1ccccc1)c1ccnc2[nH]ccc12. The lowest BCUT2D eigenvalue weighted by atomic mass is 10.0. The maximum Gasteiger partial charge on any atom is 0.137 e. The van der Waals surface area contributed by atoms with Gasteiger partial charge in [-0.3, -0.25) is 0 Å². The summed E-state index contributed by atoms with van der Waals surface area (Å²) < 4.78 is 0. The number of aliphatic hydroxyl groups excluding tert-OH is 1. The largest absolute Gasteiger partial charge is 0.384 e. The fraction of sp³-hybridized carbons (Fsp3) is 0.0714. The van der Waals surface area contributed by atoms with E-state index in [0.29, 0.717) is 0 Å². The van der Waals surface area contributed by atoms with E-state index >= 15 is 0 Å². The Kier molecular flexibility index (Phi) is 2.38. The van der Waals surface area contributed by atoms with E-state index in [9.17, 15) is 5.11 Å². The van der Waals surface area contributed by atoms with Gasteiger partial charge in [0.05, 0.1) is 0 Å². The lowest BCUT2D eigenvalue weighted by Crippen LogP contribution is -2.00. The van der Waals surface area contributed by atoms with Gasteiger partial charge in [-0.1, -0.05) is 30.3 Å². The third kappa shape index (κ3) is 1.70. The van der Waals surface area contributed by atoms with Crippen molar-refractivity contribution in [3.63, 3.8) is 0 Å². The van der Waals surface area contributed by atoms with Crippen molar-refractivity contribution in [3.8, 4) is 0 Å². The highest BCUT2D eigenvalue weighted by Crippen LogP contribution is 2.27. The summed E-state index contributed by atoms with van der Waals surface area (Å²) in [6, 6.07) is 13.4. The molecule has 1 atom stereocenters. The third-order valence-corrected chi connectivity index (χ3v) is 2.90. The highest BCUT2D eigenvalue weighted by atomic mass is 16.3. The summed E-state index contributed by atoms with van der Waals surface area (Å²) in [7, 11) is 0. The minimum absolute atomic E-state index is 0.613. The van der Waals surface area contributed by atoms with Gasteiger partial charge in [0.1, 0.15) is 11.8 Å². The van der Waals surface area contributed by atoms with Crippen LogP contribution in [0.3, 0.4) is 0 Å². The summed E-state index contributed by atoms with van der Waals surface area (Å²) >= 11 is 0. The molecule has 0 aliphatic carbocycles. The molecule has 2 N–H and O–H groups in total. The van der Waals surface area contributed by atoms with E-state index in [2.05, 4.69) is 9.97 Å². The molecular weight excluding hydrogens is 212 g/mol. The molecule has 3 heteroatoms. The number of fused-ring (bicyclic) bond motifs is 1. The summed E-state index contributed by atoms with van der Waals surface area (Å²) in [4.78, 5) is 7.26. The molecule has 0 amide bonds. The number of nitrogens with one attached hydrogen (secondary N) is 1. The van der Waals surface area contributed by atoms with E-state index in [1.165, 1.54) is 0 Å². The van der Waals surface area contributed by atoms with Gasteiger partial charge >= 0.3 is 0 Å². The zero-order chi connectivity index (χ0) is 11.7. The zero-order valence-corrected chi connectivity index (χ0v) is 9.17. The van der Waals surface area contributed by atoms with Crippen LogP contribution in [0.2, 0.25) is 0 Å². The predicted octanol–water partition coefficient (Wildman–Crippen LogP) is 2.64. The average Bonchev–Trinajstić information content (AvgIpc) is 2.87. The fourth-order valence-electron chi connectivity index (χ4n) is 2.04. The maximum absolute atomic E-state index is 10.4. The van der Waals surface area contributed by atoms with Crippen LogP contribution in [-0.4, -0.2) is 15.1 Å². The molecule has 17 heavy (non-hydrogen) atoms. The number of hydrogen-bond acceptors (Lipinski definition) is 2. The number of H-pyrrole nitrogens is 1. The first-order valence-electron chi connectivity index (χ1n) is 5.51. The predicted molar refractivity (Wildman–Crippen MR) is 66.6 cm³/mol. The Morgan fingerprint density at radius 1 is 1.06 bits per heavy atom. The van der Waals surface area contributed by atoms with Crippen LogP contribution in [0.25, 0.3) is 11.0 Å². The Bertz CT molecular complexity index is 631. The molecule has 3 nitrogen and oxygen atoms in total. The van der Waals surface area contributed by atoms with E-state index in [4.69, 9.17) is 0 Å². The molecule has 0 aliphatic rings. The van der Waals surface area contributed by atoms with Crippen molar-refractivity contribution in [2.45, 2.75) is 6.10 Å². The van der Waals surface area contributed by atoms with Gasteiger partial charge in [0.2, 0.25) is 0 Å². The monoisotopic (exact) mass is 224 g/mol. The highest BCUT2D eigenvalue weighted by molar-refractivity contribution is 5.80. The Labute approximate surface area is 98.8 Å². The Balaban J connectivity index is 2.13. The third-order valence-electron chi connectivity index (χ3n) is 2.90. The van der Waals surface area contributed by atoms with Crippen LogP contribution in [0.5, 0.6) is 0 Å². The van der Waals surface area contributed by atoms with Crippen molar-refractivity contribution < 1.29 is 5.11 Å². The minimum Gasteiger partial charge on any atom is -0.384 e. The van der Waals surface area contributed by atoms with Crippen molar-refractivity contribution >= 4 is 11.0 Å². The molecule has 2 aromatic heterocycles. The summed E-state index contributed by atoms with van der Waals surface area (Å²) in [5.41, 5.74) is 2.57. The molecule has 3 rings (SSSR count). The first kappa shape index (κ1) is 10.1. The molecule has 1 aromatic carbocycles. The Morgan fingerprint density at radius 2 is 1.88 bits per heavy atom. The highest BCUT2D eigenvalue weighted by Gasteiger charge is 2.13. The van der Waals surface area contributed by atoms with Gasteiger partial charge in [0, 0.05) is 17.8 Å². The van der Waals surface area contributed by atoms with Gasteiger partial charge in [0.15, 0.2) is 0 Å². The number of aliphatic hydroxyl groups is 1.